The molecule has 0 N–H and O–H groups in total. The van der Waals surface area contributed by atoms with Gasteiger partial charge in [0.15, 0.2) is 0 Å². The maximum Gasteiger partial charge on any atom is 0.514 e. The number of hydrogen-bond donors (Lipinski definition) is 0. The highest BCUT2D eigenvalue weighted by molar-refractivity contribution is 5.69. The minimum Gasteiger partial charge on any atom is -0.465 e. The monoisotopic (exact) mass is 690 g/mol. The number of esters is 1. The zero-order valence-corrected chi connectivity index (χ0v) is 31.6. The molecule has 0 spiro atoms. The fourth-order valence-electron chi connectivity index (χ4n) is 6.31. The second-order valence-electron chi connectivity index (χ2n) is 14.0. The van der Waals surface area contributed by atoms with E-state index in [1.807, 2.05) is 0 Å². The number of unbranched alkanes of at least 4 members (excludes halogenated alkanes) is 18. The highest BCUT2D eigenvalue weighted by Crippen LogP contribution is 2.22. The van der Waals surface area contributed by atoms with Gasteiger partial charge in [0, 0.05) is 18.6 Å². The number of non-ortho nitro benzene ring substituents is 1. The molecule has 0 aliphatic rings. The van der Waals surface area contributed by atoms with E-state index in [-0.39, 0.29) is 23.5 Å². The van der Waals surface area contributed by atoms with Gasteiger partial charge in [-0.3, -0.25) is 14.9 Å². The molecule has 1 aromatic carbocycles. The Kier molecular flexibility index (Phi) is 28.4. The Balaban J connectivity index is 2.34. The SMILES string of the molecule is CCCCCCCCCCCCC(CCCCCCCCC(=O)OCC(CCCC)CCCCCC)OC(=O)Oc1ccc([N+](=O)[O-])cc1. The third kappa shape index (κ3) is 25.9. The molecular formula is C41H71NO7. The highest BCUT2D eigenvalue weighted by atomic mass is 16.7. The molecule has 2 unspecified atom stereocenters. The van der Waals surface area contributed by atoms with Gasteiger partial charge in [-0.05, 0) is 63.0 Å². The van der Waals surface area contributed by atoms with E-state index in [1.165, 1.54) is 121 Å². The Bertz CT molecular complexity index is 952. The van der Waals surface area contributed by atoms with Crippen LogP contribution in [0, 0.1) is 16.0 Å². The lowest BCUT2D eigenvalue weighted by molar-refractivity contribution is -0.384. The van der Waals surface area contributed by atoms with E-state index in [1.54, 1.807) is 0 Å². The first-order chi connectivity index (χ1) is 23.9. The third-order valence-corrected chi connectivity index (χ3v) is 9.46. The van der Waals surface area contributed by atoms with Gasteiger partial charge in [0.2, 0.25) is 0 Å². The predicted molar refractivity (Wildman–Crippen MR) is 200 cm³/mol. The van der Waals surface area contributed by atoms with Gasteiger partial charge in [-0.1, -0.05) is 143 Å². The van der Waals surface area contributed by atoms with Gasteiger partial charge in [0.1, 0.15) is 11.9 Å². The lowest BCUT2D eigenvalue weighted by atomic mass is 9.96. The molecule has 0 saturated carbocycles. The smallest absolute Gasteiger partial charge is 0.465 e. The summed E-state index contributed by atoms with van der Waals surface area (Å²) >= 11 is 0. The molecule has 0 amide bonds. The van der Waals surface area contributed by atoms with Gasteiger partial charge >= 0.3 is 12.1 Å². The minimum atomic E-state index is -0.758. The molecule has 49 heavy (non-hydrogen) atoms. The average Bonchev–Trinajstić information content (AvgIpc) is 3.09. The summed E-state index contributed by atoms with van der Waals surface area (Å²) in [6, 6.07) is 5.45. The maximum atomic E-state index is 12.6. The van der Waals surface area contributed by atoms with Crippen molar-refractivity contribution in [2.75, 3.05) is 6.61 Å². The number of ether oxygens (including phenoxy) is 3. The fourth-order valence-corrected chi connectivity index (χ4v) is 6.31. The zero-order valence-electron chi connectivity index (χ0n) is 31.6. The van der Waals surface area contributed by atoms with Gasteiger partial charge in [-0.25, -0.2) is 4.79 Å². The van der Waals surface area contributed by atoms with Crippen LogP contribution in [0.15, 0.2) is 24.3 Å². The van der Waals surface area contributed by atoms with E-state index in [9.17, 15) is 19.7 Å². The Hall–Kier alpha value is -2.64. The Labute approximate surface area is 299 Å². The molecule has 0 heterocycles. The minimum absolute atomic E-state index is 0.0531. The maximum absolute atomic E-state index is 12.6. The first kappa shape index (κ1) is 44.4. The second kappa shape index (κ2) is 31.3. The van der Waals surface area contributed by atoms with E-state index < -0.39 is 11.1 Å². The molecule has 282 valence electrons. The fraction of sp³-hybridized carbons (Fsp3) is 0.805. The Morgan fingerprint density at radius 3 is 1.59 bits per heavy atom. The van der Waals surface area contributed by atoms with Crippen LogP contribution in [0.25, 0.3) is 0 Å². The number of nitro benzene ring substituents is 1. The third-order valence-electron chi connectivity index (χ3n) is 9.46. The van der Waals surface area contributed by atoms with E-state index in [4.69, 9.17) is 14.2 Å². The van der Waals surface area contributed by atoms with Crippen LogP contribution < -0.4 is 4.74 Å². The van der Waals surface area contributed by atoms with Crippen molar-refractivity contribution in [2.24, 2.45) is 5.92 Å². The zero-order chi connectivity index (χ0) is 35.8. The number of nitrogens with zero attached hydrogens (tertiary/aromatic N) is 1. The van der Waals surface area contributed by atoms with Gasteiger partial charge in [-0.2, -0.15) is 0 Å². The molecule has 0 radical (unpaired) electrons. The summed E-state index contributed by atoms with van der Waals surface area (Å²) in [6.07, 6.45) is 29.5. The number of rotatable bonds is 33. The standard InChI is InChI=1S/C41H71NO7/c1-4-7-10-12-13-14-15-16-19-23-28-38(48-41(44)49-39-33-31-37(32-34-39)42(45)46)29-24-20-17-18-21-25-30-40(43)47-35-36(26-9-6-3)27-22-11-8-5-2/h31-34,36,38H,4-30,35H2,1-3H3. The summed E-state index contributed by atoms with van der Waals surface area (Å²) in [4.78, 5) is 35.4. The summed E-state index contributed by atoms with van der Waals surface area (Å²) in [5, 5.41) is 10.9. The van der Waals surface area contributed by atoms with Crippen molar-refractivity contribution in [1.82, 2.24) is 0 Å². The van der Waals surface area contributed by atoms with E-state index in [0.29, 0.717) is 18.9 Å². The number of benzene rings is 1. The van der Waals surface area contributed by atoms with Crippen molar-refractivity contribution >= 4 is 17.8 Å². The largest absolute Gasteiger partial charge is 0.514 e. The molecule has 0 bridgehead atoms. The number of carbonyl (C=O) groups is 2. The Morgan fingerprint density at radius 1 is 0.612 bits per heavy atom. The van der Waals surface area contributed by atoms with Gasteiger partial charge in [-0.15, -0.1) is 0 Å². The van der Waals surface area contributed by atoms with Crippen LogP contribution >= 0.6 is 0 Å². The van der Waals surface area contributed by atoms with Crippen LogP contribution in [0.5, 0.6) is 5.75 Å². The summed E-state index contributed by atoms with van der Waals surface area (Å²) in [5.74, 6) is 0.682. The molecule has 8 heteroatoms. The molecule has 8 nitrogen and oxygen atoms in total. The van der Waals surface area contributed by atoms with E-state index in [0.717, 1.165) is 70.6 Å². The molecule has 2 atom stereocenters. The van der Waals surface area contributed by atoms with E-state index >= 15 is 0 Å². The molecule has 0 saturated heterocycles. The first-order valence-corrected chi connectivity index (χ1v) is 20.2. The van der Waals surface area contributed by atoms with Crippen LogP contribution in [-0.2, 0) is 14.3 Å². The van der Waals surface area contributed by atoms with Crippen molar-refractivity contribution in [1.29, 1.82) is 0 Å². The lowest BCUT2D eigenvalue weighted by Gasteiger charge is -2.18. The molecule has 1 rings (SSSR count). The van der Waals surface area contributed by atoms with Crippen LogP contribution in [0.3, 0.4) is 0 Å². The summed E-state index contributed by atoms with van der Waals surface area (Å²) in [7, 11) is 0. The molecule has 0 fully saturated rings. The number of nitro groups is 1. The van der Waals surface area contributed by atoms with Gasteiger partial charge < -0.3 is 14.2 Å². The molecule has 0 aromatic heterocycles. The van der Waals surface area contributed by atoms with Gasteiger partial charge in [0.05, 0.1) is 11.5 Å². The second-order valence-corrected chi connectivity index (χ2v) is 14.0. The average molecular weight is 690 g/mol. The molecule has 1 aromatic rings. The van der Waals surface area contributed by atoms with Crippen molar-refractivity contribution in [3.8, 4) is 5.75 Å². The number of hydrogen-bond acceptors (Lipinski definition) is 7. The van der Waals surface area contributed by atoms with Crippen molar-refractivity contribution in [3.05, 3.63) is 34.4 Å². The van der Waals surface area contributed by atoms with Crippen molar-refractivity contribution in [3.63, 3.8) is 0 Å². The lowest BCUT2D eigenvalue weighted by Crippen LogP contribution is -2.21. The number of carbonyl (C=O) groups excluding carboxylic acids is 2. The quantitative estimate of drug-likeness (QED) is 0.0238. The molecule has 0 aliphatic carbocycles. The van der Waals surface area contributed by atoms with Gasteiger partial charge in [0.25, 0.3) is 5.69 Å². The molecular weight excluding hydrogens is 618 g/mol. The molecule has 0 aliphatic heterocycles. The normalized spacial score (nSPS) is 12.4. The summed E-state index contributed by atoms with van der Waals surface area (Å²) in [6.45, 7) is 7.27. The van der Waals surface area contributed by atoms with E-state index in [2.05, 4.69) is 20.8 Å². The predicted octanol–water partition coefficient (Wildman–Crippen LogP) is 13.2. The van der Waals surface area contributed by atoms with Crippen LogP contribution in [0.1, 0.15) is 194 Å². The van der Waals surface area contributed by atoms with Crippen LogP contribution in [0.2, 0.25) is 0 Å². The van der Waals surface area contributed by atoms with Crippen LogP contribution in [-0.4, -0.2) is 29.8 Å². The first-order valence-electron chi connectivity index (χ1n) is 20.2. The Morgan fingerprint density at radius 2 is 1.06 bits per heavy atom. The van der Waals surface area contributed by atoms with Crippen LogP contribution in [0.4, 0.5) is 10.5 Å². The van der Waals surface area contributed by atoms with Crippen molar-refractivity contribution < 1.29 is 28.7 Å². The topological polar surface area (TPSA) is 105 Å². The highest BCUT2D eigenvalue weighted by Gasteiger charge is 2.17. The summed E-state index contributed by atoms with van der Waals surface area (Å²) < 4.78 is 16.7. The summed E-state index contributed by atoms with van der Waals surface area (Å²) in [5.41, 5.74) is -0.0565. The van der Waals surface area contributed by atoms with Crippen molar-refractivity contribution in [2.45, 2.75) is 200 Å².